The van der Waals surface area contributed by atoms with Crippen LogP contribution in [0.15, 0.2) is 30.3 Å². The third kappa shape index (κ3) is 5.91. The van der Waals surface area contributed by atoms with Crippen molar-refractivity contribution in [3.05, 3.63) is 35.9 Å². The SMILES string of the molecule is CCCC(CC)CCC(C)Cc1ccccc1. The van der Waals surface area contributed by atoms with Crippen LogP contribution in [0, 0.1) is 11.8 Å². The highest BCUT2D eigenvalue weighted by atomic mass is 14.1. The van der Waals surface area contributed by atoms with Crippen molar-refractivity contribution in [1.29, 1.82) is 0 Å². The molecule has 1 aromatic rings. The molecule has 0 radical (unpaired) electrons. The topological polar surface area (TPSA) is 0 Å². The van der Waals surface area contributed by atoms with E-state index in [-0.39, 0.29) is 0 Å². The Morgan fingerprint density at radius 1 is 0.941 bits per heavy atom. The summed E-state index contributed by atoms with van der Waals surface area (Å²) in [6.07, 6.45) is 8.14. The highest BCUT2D eigenvalue weighted by molar-refractivity contribution is 5.14. The van der Waals surface area contributed by atoms with Crippen molar-refractivity contribution in [2.75, 3.05) is 0 Å². The Kier molecular flexibility index (Phi) is 7.00. The van der Waals surface area contributed by atoms with Crippen LogP contribution in [0.4, 0.5) is 0 Å². The fraction of sp³-hybridized carbons (Fsp3) is 0.647. The molecule has 0 amide bonds. The summed E-state index contributed by atoms with van der Waals surface area (Å²) in [6.45, 7) is 7.03. The van der Waals surface area contributed by atoms with Crippen LogP contribution in [0.2, 0.25) is 0 Å². The average Bonchev–Trinajstić information content (AvgIpc) is 2.35. The Hall–Kier alpha value is -0.780. The fourth-order valence-corrected chi connectivity index (χ4v) is 2.60. The van der Waals surface area contributed by atoms with Crippen molar-refractivity contribution in [2.24, 2.45) is 11.8 Å². The van der Waals surface area contributed by atoms with E-state index < -0.39 is 0 Å². The summed E-state index contributed by atoms with van der Waals surface area (Å²) in [5.74, 6) is 1.78. The molecule has 2 unspecified atom stereocenters. The highest BCUT2D eigenvalue weighted by Gasteiger charge is 2.09. The summed E-state index contributed by atoms with van der Waals surface area (Å²) in [6, 6.07) is 10.9. The molecule has 0 heteroatoms. The zero-order valence-electron chi connectivity index (χ0n) is 11.8. The minimum atomic E-state index is 0.823. The molecule has 0 aromatic heterocycles. The minimum Gasteiger partial charge on any atom is -0.0654 e. The van der Waals surface area contributed by atoms with E-state index in [0.29, 0.717) is 0 Å². The predicted octanol–water partition coefficient (Wildman–Crippen LogP) is 5.47. The molecule has 0 aliphatic heterocycles. The molecule has 0 aliphatic rings. The second-order valence-corrected chi connectivity index (χ2v) is 5.44. The first-order valence-corrected chi connectivity index (χ1v) is 7.30. The molecule has 2 atom stereocenters. The molecule has 0 fully saturated rings. The van der Waals surface area contributed by atoms with Gasteiger partial charge in [-0.3, -0.25) is 0 Å². The Bertz CT molecular complexity index is 275. The van der Waals surface area contributed by atoms with Gasteiger partial charge in [0.1, 0.15) is 0 Å². The maximum atomic E-state index is 2.39. The second kappa shape index (κ2) is 8.33. The molecule has 1 aromatic carbocycles. The minimum absolute atomic E-state index is 0.823. The van der Waals surface area contributed by atoms with Gasteiger partial charge < -0.3 is 0 Å². The molecule has 1 rings (SSSR count). The van der Waals surface area contributed by atoms with Gasteiger partial charge in [0.2, 0.25) is 0 Å². The zero-order chi connectivity index (χ0) is 12.5. The van der Waals surface area contributed by atoms with Crippen LogP contribution in [0.3, 0.4) is 0 Å². The monoisotopic (exact) mass is 232 g/mol. The largest absolute Gasteiger partial charge is 0.0654 e. The van der Waals surface area contributed by atoms with Gasteiger partial charge in [-0.1, -0.05) is 83.2 Å². The van der Waals surface area contributed by atoms with Crippen molar-refractivity contribution in [3.8, 4) is 0 Å². The lowest BCUT2D eigenvalue weighted by Crippen LogP contribution is -2.05. The molecule has 0 bridgehead atoms. The Morgan fingerprint density at radius 2 is 1.65 bits per heavy atom. The van der Waals surface area contributed by atoms with Crippen molar-refractivity contribution in [1.82, 2.24) is 0 Å². The molecule has 0 N–H and O–H groups in total. The molecule has 17 heavy (non-hydrogen) atoms. The van der Waals surface area contributed by atoms with E-state index >= 15 is 0 Å². The molecule has 0 saturated carbocycles. The lowest BCUT2D eigenvalue weighted by molar-refractivity contribution is 0.376. The van der Waals surface area contributed by atoms with Crippen molar-refractivity contribution >= 4 is 0 Å². The Morgan fingerprint density at radius 3 is 2.24 bits per heavy atom. The molecular formula is C17H28. The Labute approximate surface area is 107 Å². The van der Waals surface area contributed by atoms with Gasteiger partial charge >= 0.3 is 0 Å². The van der Waals surface area contributed by atoms with E-state index in [9.17, 15) is 0 Å². The van der Waals surface area contributed by atoms with E-state index in [1.165, 1.54) is 44.1 Å². The third-order valence-corrected chi connectivity index (χ3v) is 3.77. The first-order chi connectivity index (χ1) is 8.26. The van der Waals surface area contributed by atoms with Gasteiger partial charge in [0.05, 0.1) is 0 Å². The van der Waals surface area contributed by atoms with Crippen LogP contribution in [0.25, 0.3) is 0 Å². The molecule has 0 saturated heterocycles. The average molecular weight is 232 g/mol. The summed E-state index contributed by atoms with van der Waals surface area (Å²) in [5, 5.41) is 0. The molecule has 0 heterocycles. The zero-order valence-corrected chi connectivity index (χ0v) is 11.8. The van der Waals surface area contributed by atoms with Gasteiger partial charge in [0.15, 0.2) is 0 Å². The van der Waals surface area contributed by atoms with Crippen molar-refractivity contribution < 1.29 is 0 Å². The number of hydrogen-bond acceptors (Lipinski definition) is 0. The Balaban J connectivity index is 2.27. The maximum absolute atomic E-state index is 2.39. The summed E-state index contributed by atoms with van der Waals surface area (Å²) < 4.78 is 0. The van der Waals surface area contributed by atoms with Crippen LogP contribution < -0.4 is 0 Å². The lowest BCUT2D eigenvalue weighted by Gasteiger charge is -2.17. The van der Waals surface area contributed by atoms with Crippen molar-refractivity contribution in [2.45, 2.75) is 59.3 Å². The normalized spacial score (nSPS) is 14.5. The fourth-order valence-electron chi connectivity index (χ4n) is 2.60. The first kappa shape index (κ1) is 14.3. The predicted molar refractivity (Wildman–Crippen MR) is 77.2 cm³/mol. The van der Waals surface area contributed by atoms with E-state index in [4.69, 9.17) is 0 Å². The van der Waals surface area contributed by atoms with Gasteiger partial charge in [0.25, 0.3) is 0 Å². The van der Waals surface area contributed by atoms with E-state index in [2.05, 4.69) is 51.1 Å². The quantitative estimate of drug-likeness (QED) is 0.557. The molecule has 0 nitrogen and oxygen atoms in total. The van der Waals surface area contributed by atoms with Gasteiger partial charge in [0, 0.05) is 0 Å². The van der Waals surface area contributed by atoms with E-state index in [0.717, 1.165) is 11.8 Å². The van der Waals surface area contributed by atoms with Crippen LogP contribution in [-0.4, -0.2) is 0 Å². The first-order valence-electron chi connectivity index (χ1n) is 7.30. The van der Waals surface area contributed by atoms with Gasteiger partial charge in [-0.05, 0) is 23.8 Å². The summed E-state index contributed by atoms with van der Waals surface area (Å²) in [5.41, 5.74) is 1.49. The van der Waals surface area contributed by atoms with Gasteiger partial charge in [-0.15, -0.1) is 0 Å². The van der Waals surface area contributed by atoms with Crippen LogP contribution in [0.1, 0.15) is 58.4 Å². The summed E-state index contributed by atoms with van der Waals surface area (Å²) >= 11 is 0. The molecule has 0 aliphatic carbocycles. The molecule has 0 spiro atoms. The number of rotatable bonds is 8. The lowest BCUT2D eigenvalue weighted by atomic mass is 9.89. The number of hydrogen-bond donors (Lipinski definition) is 0. The van der Waals surface area contributed by atoms with Crippen LogP contribution in [-0.2, 0) is 6.42 Å². The highest BCUT2D eigenvalue weighted by Crippen LogP contribution is 2.22. The third-order valence-electron chi connectivity index (χ3n) is 3.77. The van der Waals surface area contributed by atoms with Gasteiger partial charge in [-0.25, -0.2) is 0 Å². The second-order valence-electron chi connectivity index (χ2n) is 5.44. The van der Waals surface area contributed by atoms with Crippen molar-refractivity contribution in [3.63, 3.8) is 0 Å². The van der Waals surface area contributed by atoms with Crippen LogP contribution in [0.5, 0.6) is 0 Å². The van der Waals surface area contributed by atoms with Crippen LogP contribution >= 0.6 is 0 Å². The van der Waals surface area contributed by atoms with E-state index in [1.54, 1.807) is 0 Å². The standard InChI is InChI=1S/C17H28/c1-4-9-16(5-2)13-12-15(3)14-17-10-7-6-8-11-17/h6-8,10-11,15-16H,4-5,9,12-14H2,1-3H3. The van der Waals surface area contributed by atoms with E-state index in [1.807, 2.05) is 0 Å². The summed E-state index contributed by atoms with van der Waals surface area (Å²) in [7, 11) is 0. The number of benzene rings is 1. The van der Waals surface area contributed by atoms with Gasteiger partial charge in [-0.2, -0.15) is 0 Å². The smallest absolute Gasteiger partial charge is 0.0253 e. The maximum Gasteiger partial charge on any atom is -0.0253 e. The molecular weight excluding hydrogens is 204 g/mol. The molecule has 96 valence electrons. The summed E-state index contributed by atoms with van der Waals surface area (Å²) in [4.78, 5) is 0.